The van der Waals surface area contributed by atoms with Crippen molar-refractivity contribution < 1.29 is 22.5 Å². The highest BCUT2D eigenvalue weighted by molar-refractivity contribution is 7.85. The Morgan fingerprint density at radius 3 is 2.57 bits per heavy atom. The highest BCUT2D eigenvalue weighted by Crippen LogP contribution is 2.26. The van der Waals surface area contributed by atoms with Crippen LogP contribution in [0, 0.1) is 18.3 Å². The number of benzene rings is 1. The third-order valence-corrected chi connectivity index (χ3v) is 4.27. The fraction of sp³-hybridized carbons (Fsp3) is 0.143. The van der Waals surface area contributed by atoms with Crippen molar-refractivity contribution >= 4 is 21.8 Å². The molecule has 2 rings (SSSR count). The van der Waals surface area contributed by atoms with Gasteiger partial charge in [-0.05, 0) is 30.7 Å². The number of methoxy groups -OCH3 is 1. The summed E-state index contributed by atoms with van der Waals surface area (Å²) in [6, 6.07) is 5.88. The summed E-state index contributed by atoms with van der Waals surface area (Å²) in [5, 5.41) is 9.06. The maximum absolute atomic E-state index is 11.9. The molecule has 0 aliphatic heterocycles. The van der Waals surface area contributed by atoms with Crippen LogP contribution < -0.4 is 5.73 Å². The molecule has 1 heterocycles. The molecule has 0 unspecified atom stereocenters. The third kappa shape index (κ3) is 2.90. The van der Waals surface area contributed by atoms with Gasteiger partial charge in [0.05, 0.1) is 23.3 Å². The number of anilines is 1. The summed E-state index contributed by atoms with van der Waals surface area (Å²) in [4.78, 5) is 11.7. The molecule has 0 spiro atoms. The van der Waals surface area contributed by atoms with Gasteiger partial charge in [-0.2, -0.15) is 13.7 Å². The summed E-state index contributed by atoms with van der Waals surface area (Å²) in [5.41, 5.74) is 6.46. The van der Waals surface area contributed by atoms with Crippen LogP contribution >= 0.6 is 0 Å². The zero-order chi connectivity index (χ0) is 17.4. The van der Waals surface area contributed by atoms with Gasteiger partial charge in [-0.3, -0.25) is 4.55 Å². The first-order chi connectivity index (χ1) is 10.7. The normalized spacial score (nSPS) is 11.0. The molecule has 8 nitrogen and oxygen atoms in total. The summed E-state index contributed by atoms with van der Waals surface area (Å²) in [6.45, 7) is 1.49. The van der Waals surface area contributed by atoms with Gasteiger partial charge in [-0.1, -0.05) is 0 Å². The van der Waals surface area contributed by atoms with E-state index in [1.54, 1.807) is 0 Å². The second-order valence-electron chi connectivity index (χ2n) is 4.70. The van der Waals surface area contributed by atoms with E-state index in [0.29, 0.717) is 5.69 Å². The number of nitrogen functional groups attached to an aromatic ring is 1. The van der Waals surface area contributed by atoms with E-state index in [-0.39, 0.29) is 27.4 Å². The van der Waals surface area contributed by atoms with Gasteiger partial charge in [0.25, 0.3) is 10.1 Å². The minimum atomic E-state index is -4.35. The highest BCUT2D eigenvalue weighted by atomic mass is 32.2. The zero-order valence-corrected chi connectivity index (χ0v) is 13.1. The monoisotopic (exact) mass is 335 g/mol. The number of aromatic nitrogens is 1. The molecule has 0 aliphatic carbocycles. The average Bonchev–Trinajstić information content (AvgIpc) is 2.81. The largest absolute Gasteiger partial charge is 0.464 e. The molecule has 120 valence electrons. The minimum Gasteiger partial charge on any atom is -0.464 e. The van der Waals surface area contributed by atoms with Crippen molar-refractivity contribution in [3.05, 3.63) is 41.2 Å². The Morgan fingerprint density at radius 1 is 1.43 bits per heavy atom. The minimum absolute atomic E-state index is 0.0316. The summed E-state index contributed by atoms with van der Waals surface area (Å²) in [5.74, 6) is -0.736. The molecule has 0 aliphatic rings. The summed E-state index contributed by atoms with van der Waals surface area (Å²) >= 11 is 0. The predicted octanol–water partition coefficient (Wildman–Crippen LogP) is 1.27. The fourth-order valence-electron chi connectivity index (χ4n) is 2.19. The third-order valence-electron chi connectivity index (χ3n) is 3.26. The lowest BCUT2D eigenvalue weighted by Crippen LogP contribution is -2.11. The average molecular weight is 335 g/mol. The van der Waals surface area contributed by atoms with E-state index in [4.69, 9.17) is 15.5 Å². The molecular weight excluding hydrogens is 322 g/mol. The molecule has 9 heteroatoms. The molecule has 23 heavy (non-hydrogen) atoms. The summed E-state index contributed by atoms with van der Waals surface area (Å²) in [7, 11) is -3.17. The molecule has 0 radical (unpaired) electrons. The Bertz CT molecular complexity index is 938. The van der Waals surface area contributed by atoms with Crippen molar-refractivity contribution in [2.24, 2.45) is 0 Å². The van der Waals surface area contributed by atoms with Gasteiger partial charge in [0.15, 0.2) is 5.69 Å². The number of rotatable bonds is 3. The summed E-state index contributed by atoms with van der Waals surface area (Å²) in [6.07, 6.45) is 1.35. The lowest BCUT2D eigenvalue weighted by atomic mass is 10.2. The Hall–Kier alpha value is -2.83. The molecule has 3 N–H and O–H groups in total. The van der Waals surface area contributed by atoms with E-state index in [2.05, 4.69) is 4.74 Å². The molecule has 0 saturated heterocycles. The Balaban J connectivity index is 2.71. The number of ether oxygens (including phenoxy) is 1. The van der Waals surface area contributed by atoms with E-state index in [1.807, 2.05) is 6.07 Å². The van der Waals surface area contributed by atoms with Crippen molar-refractivity contribution in [1.82, 2.24) is 4.57 Å². The van der Waals surface area contributed by atoms with E-state index in [0.717, 1.165) is 0 Å². The van der Waals surface area contributed by atoms with Gasteiger partial charge in [0, 0.05) is 11.9 Å². The number of hydrogen-bond donors (Lipinski definition) is 2. The molecule has 0 atom stereocenters. The number of nitrogens with two attached hydrogens (primary N) is 1. The number of esters is 1. The molecule has 1 aromatic heterocycles. The number of aryl methyl sites for hydroxylation is 1. The van der Waals surface area contributed by atoms with Crippen LogP contribution in [0.15, 0.2) is 29.3 Å². The fourth-order valence-corrected chi connectivity index (χ4v) is 2.90. The van der Waals surface area contributed by atoms with Crippen LogP contribution in [0.1, 0.15) is 21.6 Å². The van der Waals surface area contributed by atoms with E-state index >= 15 is 0 Å². The van der Waals surface area contributed by atoms with Crippen LogP contribution in [0.5, 0.6) is 0 Å². The van der Waals surface area contributed by atoms with Crippen LogP contribution in [0.4, 0.5) is 5.69 Å². The first-order valence-electron chi connectivity index (χ1n) is 6.28. The van der Waals surface area contributed by atoms with Crippen molar-refractivity contribution in [3.8, 4) is 11.8 Å². The summed E-state index contributed by atoms with van der Waals surface area (Å²) < 4.78 is 37.6. The number of carbonyl (C=O) groups excluding carboxylic acids is 1. The van der Waals surface area contributed by atoms with Crippen LogP contribution in [0.25, 0.3) is 5.69 Å². The number of nitrogens with zero attached hydrogens (tertiary/aromatic N) is 2. The number of hydrogen-bond acceptors (Lipinski definition) is 6. The maximum Gasteiger partial charge on any atom is 0.357 e. The van der Waals surface area contributed by atoms with E-state index in [1.165, 1.54) is 43.0 Å². The smallest absolute Gasteiger partial charge is 0.357 e. The molecular formula is C14H13N3O5S. The number of carbonyl (C=O) groups is 1. The van der Waals surface area contributed by atoms with Gasteiger partial charge < -0.3 is 15.0 Å². The van der Waals surface area contributed by atoms with Crippen LogP contribution in [0.3, 0.4) is 0 Å². The lowest BCUT2D eigenvalue weighted by molar-refractivity contribution is 0.0593. The first kappa shape index (κ1) is 16.5. The molecule has 0 amide bonds. The lowest BCUT2D eigenvalue weighted by Gasteiger charge is -2.10. The van der Waals surface area contributed by atoms with Gasteiger partial charge >= 0.3 is 5.97 Å². The van der Waals surface area contributed by atoms with Crippen LogP contribution in [-0.4, -0.2) is 30.6 Å². The van der Waals surface area contributed by atoms with Crippen molar-refractivity contribution in [2.45, 2.75) is 11.8 Å². The molecule has 2 aromatic rings. The topological polar surface area (TPSA) is 135 Å². The SMILES string of the molecule is COC(=O)c1c(N)c(C#N)cn1-c1ccc(S(=O)(=O)O)c(C)c1. The van der Waals surface area contributed by atoms with Gasteiger partial charge in [0.1, 0.15) is 6.07 Å². The quantitative estimate of drug-likeness (QED) is 0.637. The second-order valence-corrected chi connectivity index (χ2v) is 6.09. The van der Waals surface area contributed by atoms with Crippen molar-refractivity contribution in [1.29, 1.82) is 5.26 Å². The standard InChI is InChI=1S/C14H13N3O5S/c1-8-5-10(3-4-11(8)23(19,20)21)17-7-9(6-15)12(16)13(17)14(18)22-2/h3-5,7H,16H2,1-2H3,(H,19,20,21). The van der Waals surface area contributed by atoms with Crippen LogP contribution in [0.2, 0.25) is 0 Å². The Labute approximate surface area is 132 Å². The van der Waals surface area contributed by atoms with Crippen LogP contribution in [-0.2, 0) is 14.9 Å². The van der Waals surface area contributed by atoms with E-state index < -0.39 is 16.1 Å². The maximum atomic E-state index is 11.9. The Morgan fingerprint density at radius 2 is 2.09 bits per heavy atom. The Kier molecular flexibility index (Phi) is 4.14. The molecule has 0 fully saturated rings. The molecule has 0 bridgehead atoms. The molecule has 1 aromatic carbocycles. The predicted molar refractivity (Wildman–Crippen MR) is 80.8 cm³/mol. The zero-order valence-electron chi connectivity index (χ0n) is 12.3. The van der Waals surface area contributed by atoms with Crippen molar-refractivity contribution in [2.75, 3.05) is 12.8 Å². The first-order valence-corrected chi connectivity index (χ1v) is 7.72. The van der Waals surface area contributed by atoms with Crippen molar-refractivity contribution in [3.63, 3.8) is 0 Å². The van der Waals surface area contributed by atoms with E-state index in [9.17, 15) is 13.2 Å². The number of nitriles is 1. The van der Waals surface area contributed by atoms with Gasteiger partial charge in [0.2, 0.25) is 0 Å². The molecule has 0 saturated carbocycles. The highest BCUT2D eigenvalue weighted by Gasteiger charge is 2.22. The van der Waals surface area contributed by atoms with Gasteiger partial charge in [-0.15, -0.1) is 0 Å². The van der Waals surface area contributed by atoms with Gasteiger partial charge in [-0.25, -0.2) is 4.79 Å². The second kappa shape index (κ2) is 5.75.